The number of nitrogens with one attached hydrogen (secondary N) is 1. The molecule has 0 aliphatic carbocycles. The van der Waals surface area contributed by atoms with Crippen LogP contribution in [0.2, 0.25) is 0 Å². The van der Waals surface area contributed by atoms with Crippen molar-refractivity contribution in [3.63, 3.8) is 0 Å². The quantitative estimate of drug-likeness (QED) is 0.592. The molecule has 0 aliphatic rings. The van der Waals surface area contributed by atoms with Crippen LogP contribution in [0, 0.1) is 0 Å². The zero-order valence-electron chi connectivity index (χ0n) is 14.6. The van der Waals surface area contributed by atoms with E-state index in [-0.39, 0.29) is 12.1 Å². The van der Waals surface area contributed by atoms with Crippen LogP contribution in [0.1, 0.15) is 33.3 Å². The van der Waals surface area contributed by atoms with Gasteiger partial charge in [0.15, 0.2) is 11.8 Å². The standard InChI is InChI=1S/C19H14F6N2O2/c20-18(21,22)13-3-1-2-11(7-13)16(19(23,24)25)27-17(28)15-8-12-6-10(9-26)4-5-14(12)29-15/h1-8,16H,9,26H2,(H,27,28). The minimum absolute atomic E-state index is 0.217. The van der Waals surface area contributed by atoms with Crippen LogP contribution >= 0.6 is 0 Å². The van der Waals surface area contributed by atoms with E-state index >= 15 is 0 Å². The predicted octanol–water partition coefficient (Wildman–Crippen LogP) is 4.94. The molecule has 154 valence electrons. The third-order valence-corrected chi connectivity index (χ3v) is 4.19. The molecular weight excluding hydrogens is 402 g/mol. The predicted molar refractivity (Wildman–Crippen MR) is 91.8 cm³/mol. The molecule has 0 radical (unpaired) electrons. The van der Waals surface area contributed by atoms with Gasteiger partial charge in [0, 0.05) is 11.9 Å². The first-order valence-corrected chi connectivity index (χ1v) is 8.26. The number of amides is 1. The van der Waals surface area contributed by atoms with Crippen LogP contribution in [0.15, 0.2) is 52.9 Å². The fourth-order valence-electron chi connectivity index (χ4n) is 2.78. The van der Waals surface area contributed by atoms with E-state index in [1.54, 1.807) is 17.4 Å². The Morgan fingerprint density at radius 1 is 1.03 bits per heavy atom. The summed E-state index contributed by atoms with van der Waals surface area (Å²) in [7, 11) is 0. The Kier molecular flexibility index (Phi) is 5.31. The summed E-state index contributed by atoms with van der Waals surface area (Å²) < 4.78 is 84.2. The molecule has 4 nitrogen and oxygen atoms in total. The van der Waals surface area contributed by atoms with Gasteiger partial charge >= 0.3 is 12.4 Å². The number of carbonyl (C=O) groups is 1. The van der Waals surface area contributed by atoms with E-state index in [0.717, 1.165) is 17.7 Å². The van der Waals surface area contributed by atoms with Gasteiger partial charge in [0.25, 0.3) is 5.91 Å². The Morgan fingerprint density at radius 3 is 2.38 bits per heavy atom. The first-order chi connectivity index (χ1) is 13.5. The highest BCUT2D eigenvalue weighted by Crippen LogP contribution is 2.36. The number of fused-ring (bicyclic) bond motifs is 1. The summed E-state index contributed by atoms with van der Waals surface area (Å²) in [4.78, 5) is 12.3. The van der Waals surface area contributed by atoms with Gasteiger partial charge in [-0.05, 0) is 41.5 Å². The Labute approximate surface area is 160 Å². The number of rotatable bonds is 4. The average Bonchev–Trinajstić information content (AvgIpc) is 3.07. The van der Waals surface area contributed by atoms with Crippen LogP contribution in [0.25, 0.3) is 11.0 Å². The van der Waals surface area contributed by atoms with Crippen LogP contribution in [0.3, 0.4) is 0 Å². The molecule has 29 heavy (non-hydrogen) atoms. The second-order valence-corrected chi connectivity index (χ2v) is 6.26. The summed E-state index contributed by atoms with van der Waals surface area (Å²) in [5.74, 6) is -1.62. The van der Waals surface area contributed by atoms with Gasteiger partial charge in [0.2, 0.25) is 0 Å². The largest absolute Gasteiger partial charge is 0.451 e. The highest BCUT2D eigenvalue weighted by atomic mass is 19.4. The number of benzene rings is 2. The molecule has 3 aromatic rings. The fourth-order valence-corrected chi connectivity index (χ4v) is 2.78. The maximum Gasteiger partial charge on any atom is 0.416 e. The van der Waals surface area contributed by atoms with Gasteiger partial charge in [0.05, 0.1) is 5.56 Å². The van der Waals surface area contributed by atoms with E-state index < -0.39 is 41.2 Å². The number of nitrogens with two attached hydrogens (primary N) is 1. The van der Waals surface area contributed by atoms with E-state index in [4.69, 9.17) is 10.2 Å². The number of halogens is 6. The highest BCUT2D eigenvalue weighted by molar-refractivity contribution is 5.96. The summed E-state index contributed by atoms with van der Waals surface area (Å²) in [6.07, 6.45) is -9.85. The SMILES string of the molecule is NCc1ccc2oc(C(=O)NC(c3cccc(C(F)(F)F)c3)C(F)(F)F)cc2c1. The van der Waals surface area contributed by atoms with Gasteiger partial charge in [-0.1, -0.05) is 18.2 Å². The van der Waals surface area contributed by atoms with E-state index in [0.29, 0.717) is 17.5 Å². The Balaban J connectivity index is 1.92. The average molecular weight is 416 g/mol. The molecule has 3 N–H and O–H groups in total. The van der Waals surface area contributed by atoms with Crippen LogP contribution in [-0.4, -0.2) is 12.1 Å². The van der Waals surface area contributed by atoms with E-state index in [9.17, 15) is 31.1 Å². The summed E-state index contributed by atoms with van der Waals surface area (Å²) >= 11 is 0. The molecular formula is C19H14F6N2O2. The van der Waals surface area contributed by atoms with Crippen molar-refractivity contribution in [3.05, 3.63) is 71.0 Å². The molecule has 1 atom stereocenters. The van der Waals surface area contributed by atoms with E-state index in [1.807, 2.05) is 0 Å². The summed E-state index contributed by atoms with van der Waals surface area (Å²) in [5.41, 5.74) is 4.50. The molecule has 0 aliphatic heterocycles. The van der Waals surface area contributed by atoms with Gasteiger partial charge in [-0.15, -0.1) is 0 Å². The number of carbonyl (C=O) groups excluding carboxylic acids is 1. The number of alkyl halides is 6. The molecule has 0 saturated heterocycles. The summed E-state index contributed by atoms with van der Waals surface area (Å²) in [5, 5.41) is 2.17. The van der Waals surface area contributed by atoms with Crippen LogP contribution in [0.5, 0.6) is 0 Å². The Hall–Kier alpha value is -3.01. The van der Waals surface area contributed by atoms with Crippen molar-refractivity contribution in [1.29, 1.82) is 0 Å². The number of furan rings is 1. The first-order valence-electron chi connectivity index (χ1n) is 8.26. The lowest BCUT2D eigenvalue weighted by Gasteiger charge is -2.22. The second kappa shape index (κ2) is 7.43. The molecule has 0 fully saturated rings. The van der Waals surface area contributed by atoms with Crippen molar-refractivity contribution >= 4 is 16.9 Å². The monoisotopic (exact) mass is 416 g/mol. The molecule has 0 bridgehead atoms. The zero-order valence-corrected chi connectivity index (χ0v) is 14.6. The van der Waals surface area contributed by atoms with Crippen molar-refractivity contribution < 1.29 is 35.6 Å². The lowest BCUT2D eigenvalue weighted by atomic mass is 10.0. The van der Waals surface area contributed by atoms with Gasteiger partial charge in [-0.3, -0.25) is 4.79 Å². The Morgan fingerprint density at radius 2 is 1.76 bits per heavy atom. The van der Waals surface area contributed by atoms with Gasteiger partial charge < -0.3 is 15.5 Å². The molecule has 1 heterocycles. The minimum Gasteiger partial charge on any atom is -0.451 e. The van der Waals surface area contributed by atoms with Crippen molar-refractivity contribution in [1.82, 2.24) is 5.32 Å². The first kappa shape index (κ1) is 20.7. The normalized spacial score (nSPS) is 13.5. The fraction of sp³-hybridized carbons (Fsp3) is 0.211. The highest BCUT2D eigenvalue weighted by Gasteiger charge is 2.43. The molecule has 1 amide bonds. The number of hydrogen-bond donors (Lipinski definition) is 2. The van der Waals surface area contributed by atoms with Crippen molar-refractivity contribution in [2.75, 3.05) is 0 Å². The lowest BCUT2D eigenvalue weighted by molar-refractivity contribution is -0.156. The van der Waals surface area contributed by atoms with Crippen molar-refractivity contribution in [2.24, 2.45) is 5.73 Å². The van der Waals surface area contributed by atoms with E-state index in [1.165, 1.54) is 12.1 Å². The zero-order chi connectivity index (χ0) is 21.4. The Bertz CT molecular complexity index is 1040. The molecule has 0 spiro atoms. The second-order valence-electron chi connectivity index (χ2n) is 6.26. The van der Waals surface area contributed by atoms with E-state index in [2.05, 4.69) is 0 Å². The maximum atomic E-state index is 13.5. The van der Waals surface area contributed by atoms with Gasteiger partial charge in [0.1, 0.15) is 5.58 Å². The third kappa shape index (κ3) is 4.53. The maximum absolute atomic E-state index is 13.5. The molecule has 2 aromatic carbocycles. The molecule has 10 heteroatoms. The third-order valence-electron chi connectivity index (χ3n) is 4.19. The summed E-state index contributed by atoms with van der Waals surface area (Å²) in [6.45, 7) is 0.217. The topological polar surface area (TPSA) is 68.3 Å². The van der Waals surface area contributed by atoms with Crippen LogP contribution < -0.4 is 11.1 Å². The molecule has 1 aromatic heterocycles. The smallest absolute Gasteiger partial charge is 0.416 e. The van der Waals surface area contributed by atoms with Gasteiger partial charge in [-0.2, -0.15) is 26.3 Å². The lowest BCUT2D eigenvalue weighted by Crippen LogP contribution is -2.38. The van der Waals surface area contributed by atoms with Crippen molar-refractivity contribution in [3.8, 4) is 0 Å². The minimum atomic E-state index is -5.03. The van der Waals surface area contributed by atoms with Crippen molar-refractivity contribution in [2.45, 2.75) is 24.9 Å². The van der Waals surface area contributed by atoms with Crippen LogP contribution in [0.4, 0.5) is 26.3 Å². The molecule has 3 rings (SSSR count). The van der Waals surface area contributed by atoms with Crippen LogP contribution in [-0.2, 0) is 12.7 Å². The number of hydrogen-bond acceptors (Lipinski definition) is 3. The van der Waals surface area contributed by atoms with Gasteiger partial charge in [-0.25, -0.2) is 0 Å². The summed E-state index contributed by atoms with van der Waals surface area (Å²) in [6, 6.07) is 6.06. The molecule has 1 unspecified atom stereocenters. The molecule has 0 saturated carbocycles.